The van der Waals surface area contributed by atoms with Gasteiger partial charge in [0.15, 0.2) is 0 Å². The van der Waals surface area contributed by atoms with Gasteiger partial charge in [-0.05, 0) is 12.1 Å². The number of nitro groups is 1. The van der Waals surface area contributed by atoms with Gasteiger partial charge >= 0.3 is 0 Å². The smallest absolute Gasteiger partial charge is 0.294 e. The normalized spacial score (nSPS) is 15.1. The number of carbonyl (C=O) groups is 1. The van der Waals surface area contributed by atoms with Crippen LogP contribution in [-0.2, 0) is 5.41 Å². The van der Waals surface area contributed by atoms with Gasteiger partial charge in [0.1, 0.15) is 10.6 Å². The molecule has 0 bridgehead atoms. The average Bonchev–Trinajstić information content (AvgIpc) is 3.12. The van der Waals surface area contributed by atoms with Crippen LogP contribution in [0.5, 0.6) is 0 Å². The molecular weight excluding hydrogens is 388 g/mol. The molecule has 2 aromatic rings. The molecule has 1 aliphatic rings. The quantitative estimate of drug-likeness (QED) is 0.567. The fraction of sp³-hybridized carbons (Fsp3) is 0.444. The molecule has 27 heavy (non-hydrogen) atoms. The molecule has 0 N–H and O–H groups in total. The summed E-state index contributed by atoms with van der Waals surface area (Å²) in [6.07, 6.45) is 1.64. The number of rotatable bonds is 3. The zero-order valence-electron chi connectivity index (χ0n) is 15.4. The van der Waals surface area contributed by atoms with Gasteiger partial charge in [0, 0.05) is 42.7 Å². The Hall–Kier alpha value is -2.19. The number of thiazole rings is 1. The van der Waals surface area contributed by atoms with Crippen molar-refractivity contribution in [2.24, 2.45) is 0 Å². The summed E-state index contributed by atoms with van der Waals surface area (Å²) in [6, 6.07) is 4.67. The molecule has 0 radical (unpaired) electrons. The van der Waals surface area contributed by atoms with Crippen LogP contribution in [0.4, 0.5) is 11.4 Å². The van der Waals surface area contributed by atoms with Crippen molar-refractivity contribution in [3.05, 3.63) is 49.4 Å². The number of nitro benzene ring substituents is 1. The minimum atomic E-state index is -0.427. The molecule has 144 valence electrons. The lowest BCUT2D eigenvalue weighted by atomic mass is 9.98. The topological polar surface area (TPSA) is 79.6 Å². The number of aromatic nitrogens is 1. The van der Waals surface area contributed by atoms with Gasteiger partial charge in [0.05, 0.1) is 16.1 Å². The molecule has 0 atom stereocenters. The first-order valence-electron chi connectivity index (χ1n) is 8.61. The molecule has 1 saturated heterocycles. The van der Waals surface area contributed by atoms with Gasteiger partial charge in [0.25, 0.3) is 11.6 Å². The van der Waals surface area contributed by atoms with Crippen molar-refractivity contribution in [3.63, 3.8) is 0 Å². The highest BCUT2D eigenvalue weighted by Gasteiger charge is 2.28. The van der Waals surface area contributed by atoms with Crippen LogP contribution < -0.4 is 4.90 Å². The summed E-state index contributed by atoms with van der Waals surface area (Å²) >= 11 is 7.31. The predicted octanol–water partition coefficient (Wildman–Crippen LogP) is 3.96. The standard InChI is InChI=1S/C18H21ClN4O3S/c1-18(2,3)17-20-11-15(27-17)16(24)22-8-6-21(7-9-22)13-5-4-12(19)10-14(13)23(25)26/h4-5,10-11H,6-9H2,1-3H3. The Morgan fingerprint density at radius 2 is 1.93 bits per heavy atom. The van der Waals surface area contributed by atoms with Gasteiger partial charge in [-0.25, -0.2) is 4.98 Å². The summed E-state index contributed by atoms with van der Waals surface area (Å²) < 4.78 is 0. The van der Waals surface area contributed by atoms with E-state index in [0.29, 0.717) is 41.8 Å². The monoisotopic (exact) mass is 408 g/mol. The third-order valence-corrected chi connectivity index (χ3v) is 6.05. The fourth-order valence-electron chi connectivity index (χ4n) is 2.94. The average molecular weight is 409 g/mol. The van der Waals surface area contributed by atoms with Crippen LogP contribution in [0.25, 0.3) is 0 Å². The number of amides is 1. The third-order valence-electron chi connectivity index (χ3n) is 4.40. The Morgan fingerprint density at radius 3 is 2.48 bits per heavy atom. The van der Waals surface area contributed by atoms with Crippen molar-refractivity contribution in [2.75, 3.05) is 31.1 Å². The first kappa shape index (κ1) is 19.6. The van der Waals surface area contributed by atoms with Crippen LogP contribution >= 0.6 is 22.9 Å². The maximum Gasteiger partial charge on any atom is 0.294 e. The Kier molecular flexibility index (Phi) is 5.39. The van der Waals surface area contributed by atoms with E-state index in [1.54, 1.807) is 23.2 Å². The predicted molar refractivity (Wildman–Crippen MR) is 107 cm³/mol. The van der Waals surface area contributed by atoms with Crippen LogP contribution in [0, 0.1) is 10.1 Å². The first-order chi connectivity index (χ1) is 12.7. The van der Waals surface area contributed by atoms with E-state index in [-0.39, 0.29) is 17.0 Å². The van der Waals surface area contributed by atoms with Gasteiger partial charge in [0.2, 0.25) is 0 Å². The summed E-state index contributed by atoms with van der Waals surface area (Å²) in [5.74, 6) is -0.0340. The second-order valence-corrected chi connectivity index (χ2v) is 8.92. The number of nitrogens with zero attached hydrogens (tertiary/aromatic N) is 4. The van der Waals surface area contributed by atoms with E-state index in [9.17, 15) is 14.9 Å². The van der Waals surface area contributed by atoms with E-state index < -0.39 is 4.92 Å². The van der Waals surface area contributed by atoms with Crippen LogP contribution in [0.2, 0.25) is 5.02 Å². The van der Waals surface area contributed by atoms with Crippen molar-refractivity contribution >= 4 is 40.2 Å². The van der Waals surface area contributed by atoms with Gasteiger partial charge in [-0.2, -0.15) is 0 Å². The molecule has 7 nitrogen and oxygen atoms in total. The fourth-order valence-corrected chi connectivity index (χ4v) is 4.04. The molecule has 0 unspecified atom stereocenters. The van der Waals surface area contributed by atoms with Crippen LogP contribution in [0.1, 0.15) is 35.5 Å². The van der Waals surface area contributed by atoms with Crippen LogP contribution in [0.15, 0.2) is 24.4 Å². The van der Waals surface area contributed by atoms with Crippen molar-refractivity contribution < 1.29 is 9.72 Å². The number of halogens is 1. The molecule has 1 aromatic heterocycles. The highest BCUT2D eigenvalue weighted by atomic mass is 35.5. The molecule has 1 aliphatic heterocycles. The van der Waals surface area contributed by atoms with E-state index in [1.807, 2.05) is 4.90 Å². The second kappa shape index (κ2) is 7.44. The zero-order chi connectivity index (χ0) is 19.8. The van der Waals surface area contributed by atoms with Gasteiger partial charge in [-0.3, -0.25) is 14.9 Å². The van der Waals surface area contributed by atoms with Crippen molar-refractivity contribution in [2.45, 2.75) is 26.2 Å². The maximum atomic E-state index is 12.8. The minimum absolute atomic E-state index is 0.0143. The lowest BCUT2D eigenvalue weighted by Gasteiger charge is -2.35. The first-order valence-corrected chi connectivity index (χ1v) is 9.81. The number of benzene rings is 1. The van der Waals surface area contributed by atoms with Crippen molar-refractivity contribution in [3.8, 4) is 0 Å². The van der Waals surface area contributed by atoms with E-state index in [1.165, 1.54) is 17.4 Å². The second-order valence-electron chi connectivity index (χ2n) is 7.45. The largest absolute Gasteiger partial charge is 0.362 e. The SMILES string of the molecule is CC(C)(C)c1ncc(C(=O)N2CCN(c3ccc(Cl)cc3[N+](=O)[O-])CC2)s1. The maximum absolute atomic E-state index is 12.8. The molecule has 2 heterocycles. The Labute approximate surface area is 166 Å². The molecule has 9 heteroatoms. The van der Waals surface area contributed by atoms with E-state index >= 15 is 0 Å². The highest BCUT2D eigenvalue weighted by Crippen LogP contribution is 2.32. The Morgan fingerprint density at radius 1 is 1.26 bits per heavy atom. The van der Waals surface area contributed by atoms with Crippen LogP contribution in [-0.4, -0.2) is 46.9 Å². The number of hydrogen-bond acceptors (Lipinski definition) is 6. The van der Waals surface area contributed by atoms with E-state index in [2.05, 4.69) is 25.8 Å². The summed E-state index contributed by atoms with van der Waals surface area (Å²) in [5, 5.41) is 12.6. The molecule has 0 spiro atoms. The molecule has 0 saturated carbocycles. The Balaban J connectivity index is 1.70. The lowest BCUT2D eigenvalue weighted by Crippen LogP contribution is -2.48. The van der Waals surface area contributed by atoms with Gasteiger partial charge in [-0.15, -0.1) is 11.3 Å². The number of piperazine rings is 1. The molecule has 3 rings (SSSR count). The van der Waals surface area contributed by atoms with E-state index in [0.717, 1.165) is 5.01 Å². The summed E-state index contributed by atoms with van der Waals surface area (Å²) in [4.78, 5) is 32.3. The molecule has 0 aliphatic carbocycles. The number of anilines is 1. The summed E-state index contributed by atoms with van der Waals surface area (Å²) in [6.45, 7) is 8.26. The molecular formula is C18H21ClN4O3S. The van der Waals surface area contributed by atoms with Gasteiger partial charge < -0.3 is 9.80 Å². The minimum Gasteiger partial charge on any atom is -0.362 e. The summed E-state index contributed by atoms with van der Waals surface area (Å²) in [7, 11) is 0. The van der Waals surface area contributed by atoms with Crippen molar-refractivity contribution in [1.29, 1.82) is 0 Å². The third kappa shape index (κ3) is 4.22. The Bertz CT molecular complexity index is 870. The summed E-state index contributed by atoms with van der Waals surface area (Å²) in [5.41, 5.74) is 0.430. The van der Waals surface area contributed by atoms with Crippen molar-refractivity contribution in [1.82, 2.24) is 9.88 Å². The number of carbonyl (C=O) groups excluding carboxylic acids is 1. The molecule has 1 amide bonds. The number of hydrogen-bond donors (Lipinski definition) is 0. The van der Waals surface area contributed by atoms with Crippen LogP contribution in [0.3, 0.4) is 0 Å². The highest BCUT2D eigenvalue weighted by molar-refractivity contribution is 7.13. The van der Waals surface area contributed by atoms with Gasteiger partial charge in [-0.1, -0.05) is 32.4 Å². The molecule has 1 aromatic carbocycles. The molecule has 1 fully saturated rings. The zero-order valence-corrected chi connectivity index (χ0v) is 17.0. The van der Waals surface area contributed by atoms with E-state index in [4.69, 9.17) is 11.6 Å². The lowest BCUT2D eigenvalue weighted by molar-refractivity contribution is -0.384.